The van der Waals surface area contributed by atoms with Gasteiger partial charge in [-0.15, -0.1) is 0 Å². The fourth-order valence-electron chi connectivity index (χ4n) is 3.04. The minimum absolute atomic E-state index is 0.165. The Kier molecular flexibility index (Phi) is 5.03. The van der Waals surface area contributed by atoms with Crippen LogP contribution < -0.4 is 5.32 Å². The summed E-state index contributed by atoms with van der Waals surface area (Å²) >= 11 is 0. The van der Waals surface area contributed by atoms with Gasteiger partial charge < -0.3 is 10.1 Å². The van der Waals surface area contributed by atoms with E-state index in [0.717, 1.165) is 51.9 Å². The Balaban J connectivity index is 1.99. The van der Waals surface area contributed by atoms with Crippen LogP contribution >= 0.6 is 0 Å². The molecule has 0 bridgehead atoms. The quantitative estimate of drug-likeness (QED) is 0.802. The fourth-order valence-corrected chi connectivity index (χ4v) is 4.14. The van der Waals surface area contributed by atoms with Crippen LogP contribution in [0.1, 0.15) is 39.0 Å². The van der Waals surface area contributed by atoms with Crippen molar-refractivity contribution in [3.63, 3.8) is 0 Å². The van der Waals surface area contributed by atoms with Crippen molar-refractivity contribution in [2.24, 2.45) is 0 Å². The summed E-state index contributed by atoms with van der Waals surface area (Å²) in [5, 5.41) is 3.29. The predicted octanol–water partition coefficient (Wildman–Crippen LogP) is 1.67. The minimum Gasteiger partial charge on any atom is -0.379 e. The van der Waals surface area contributed by atoms with Gasteiger partial charge in [0.25, 0.3) is 0 Å². The molecule has 110 valence electrons. The highest BCUT2D eigenvalue weighted by Crippen LogP contribution is 2.31. The van der Waals surface area contributed by atoms with Gasteiger partial charge in [0, 0.05) is 18.8 Å². The van der Waals surface area contributed by atoms with Crippen molar-refractivity contribution in [2.75, 3.05) is 26.0 Å². The lowest BCUT2D eigenvalue weighted by molar-refractivity contribution is 0.0769. The predicted molar refractivity (Wildman–Crippen MR) is 77.0 cm³/mol. The van der Waals surface area contributed by atoms with Gasteiger partial charge in [-0.3, -0.25) is 0 Å². The van der Waals surface area contributed by atoms with E-state index in [4.69, 9.17) is 4.74 Å². The Hall–Kier alpha value is -0.390. The summed E-state index contributed by atoms with van der Waals surface area (Å²) in [6, 6.07) is 0.389. The first-order valence-electron chi connectivity index (χ1n) is 7.14. The first kappa shape index (κ1) is 15.0. The van der Waals surface area contributed by atoms with E-state index in [-0.39, 0.29) is 5.25 Å². The molecule has 5 heteroatoms. The standard InChI is InChI=1S/C14H25NO3S/c1-11(8-13-10-18-7-6-15-13)12-4-3-5-14(9-12)19(2,16)17/h13-15H,3-10H2,1-2H3. The molecule has 2 atom stereocenters. The van der Waals surface area contributed by atoms with E-state index < -0.39 is 9.84 Å². The summed E-state index contributed by atoms with van der Waals surface area (Å²) in [4.78, 5) is 0. The third kappa shape index (κ3) is 4.29. The molecule has 1 aliphatic carbocycles. The highest BCUT2D eigenvalue weighted by molar-refractivity contribution is 7.91. The molecule has 1 saturated carbocycles. The molecule has 0 spiro atoms. The van der Waals surface area contributed by atoms with Gasteiger partial charge in [0.15, 0.2) is 9.84 Å². The zero-order chi connectivity index (χ0) is 13.9. The molecule has 2 aliphatic rings. The van der Waals surface area contributed by atoms with E-state index in [0.29, 0.717) is 6.04 Å². The topological polar surface area (TPSA) is 55.4 Å². The molecule has 1 N–H and O–H groups in total. The highest BCUT2D eigenvalue weighted by atomic mass is 32.2. The van der Waals surface area contributed by atoms with Crippen molar-refractivity contribution < 1.29 is 13.2 Å². The third-order valence-electron chi connectivity index (χ3n) is 4.24. The number of ether oxygens (including phenoxy) is 1. The van der Waals surface area contributed by atoms with E-state index in [1.54, 1.807) is 0 Å². The second-order valence-corrected chi connectivity index (χ2v) is 8.19. The van der Waals surface area contributed by atoms with Crippen LogP contribution in [0.3, 0.4) is 0 Å². The van der Waals surface area contributed by atoms with Crippen molar-refractivity contribution in [1.82, 2.24) is 5.32 Å². The number of nitrogens with one attached hydrogen (secondary N) is 1. The van der Waals surface area contributed by atoms with Gasteiger partial charge in [-0.05, 0) is 39.0 Å². The molecule has 0 amide bonds. The fraction of sp³-hybridized carbons (Fsp3) is 0.857. The molecule has 1 saturated heterocycles. The number of sulfone groups is 1. The van der Waals surface area contributed by atoms with Crippen LogP contribution in [0.4, 0.5) is 0 Å². The number of hydrogen-bond acceptors (Lipinski definition) is 4. The van der Waals surface area contributed by atoms with E-state index in [1.165, 1.54) is 17.4 Å². The molecular weight excluding hydrogens is 262 g/mol. The molecule has 2 rings (SSSR count). The second kappa shape index (κ2) is 6.37. The van der Waals surface area contributed by atoms with Gasteiger partial charge in [0.2, 0.25) is 0 Å². The van der Waals surface area contributed by atoms with Gasteiger partial charge >= 0.3 is 0 Å². The summed E-state index contributed by atoms with van der Waals surface area (Å²) in [6.07, 6.45) is 5.96. The maximum absolute atomic E-state index is 11.7. The lowest BCUT2D eigenvalue weighted by Crippen LogP contribution is -2.41. The van der Waals surface area contributed by atoms with Crippen molar-refractivity contribution in [2.45, 2.75) is 50.3 Å². The van der Waals surface area contributed by atoms with Crippen LogP contribution in [0, 0.1) is 0 Å². The monoisotopic (exact) mass is 287 g/mol. The Labute approximate surface area is 116 Å². The lowest BCUT2D eigenvalue weighted by Gasteiger charge is -2.28. The van der Waals surface area contributed by atoms with Crippen LogP contribution in [0.15, 0.2) is 11.1 Å². The molecule has 4 nitrogen and oxygen atoms in total. The normalized spacial score (nSPS) is 32.1. The molecule has 2 fully saturated rings. The van der Waals surface area contributed by atoms with Gasteiger partial charge in [-0.25, -0.2) is 8.42 Å². The molecular formula is C14H25NO3S. The summed E-state index contributed by atoms with van der Waals surface area (Å²) < 4.78 is 28.8. The zero-order valence-corrected chi connectivity index (χ0v) is 12.8. The van der Waals surface area contributed by atoms with Crippen LogP contribution in [0.5, 0.6) is 0 Å². The first-order valence-corrected chi connectivity index (χ1v) is 9.10. The molecule has 0 radical (unpaired) electrons. The Morgan fingerprint density at radius 1 is 1.47 bits per heavy atom. The average molecular weight is 287 g/mol. The SMILES string of the molecule is CC(CC1COCCN1)=C1CCCC(S(C)(=O)=O)C1. The van der Waals surface area contributed by atoms with E-state index in [1.807, 2.05) is 0 Å². The smallest absolute Gasteiger partial charge is 0.150 e. The maximum atomic E-state index is 11.7. The van der Waals surface area contributed by atoms with E-state index in [9.17, 15) is 8.42 Å². The zero-order valence-electron chi connectivity index (χ0n) is 11.9. The van der Waals surface area contributed by atoms with Gasteiger partial charge in [0.05, 0.1) is 18.5 Å². The van der Waals surface area contributed by atoms with Crippen LogP contribution in [0.2, 0.25) is 0 Å². The lowest BCUT2D eigenvalue weighted by atomic mass is 9.89. The number of allylic oxidation sites excluding steroid dienone is 1. The van der Waals surface area contributed by atoms with Gasteiger partial charge in [0.1, 0.15) is 0 Å². The van der Waals surface area contributed by atoms with E-state index >= 15 is 0 Å². The van der Waals surface area contributed by atoms with Crippen LogP contribution in [0.25, 0.3) is 0 Å². The summed E-state index contributed by atoms with van der Waals surface area (Å²) in [5.74, 6) is 0. The van der Waals surface area contributed by atoms with Crippen LogP contribution in [-0.2, 0) is 14.6 Å². The molecule has 1 aliphatic heterocycles. The largest absolute Gasteiger partial charge is 0.379 e. The second-order valence-electron chi connectivity index (χ2n) is 5.86. The molecule has 19 heavy (non-hydrogen) atoms. The summed E-state index contributed by atoms with van der Waals surface area (Å²) in [6.45, 7) is 4.62. The number of morpholine rings is 1. The van der Waals surface area contributed by atoms with Crippen molar-refractivity contribution in [3.8, 4) is 0 Å². The van der Waals surface area contributed by atoms with Gasteiger partial charge in [-0.2, -0.15) is 0 Å². The number of hydrogen-bond donors (Lipinski definition) is 1. The van der Waals surface area contributed by atoms with Gasteiger partial charge in [-0.1, -0.05) is 11.1 Å². The Morgan fingerprint density at radius 2 is 2.26 bits per heavy atom. The number of rotatable bonds is 3. The molecule has 0 aromatic heterocycles. The summed E-state index contributed by atoms with van der Waals surface area (Å²) in [5.41, 5.74) is 2.71. The third-order valence-corrected chi connectivity index (χ3v) is 5.85. The Bertz CT molecular complexity index is 436. The molecule has 2 unspecified atom stereocenters. The highest BCUT2D eigenvalue weighted by Gasteiger charge is 2.26. The average Bonchev–Trinajstić information content (AvgIpc) is 2.39. The molecule has 1 heterocycles. The van der Waals surface area contributed by atoms with Crippen LogP contribution in [-0.4, -0.2) is 45.7 Å². The maximum Gasteiger partial charge on any atom is 0.150 e. The first-order chi connectivity index (χ1) is 8.97. The molecule has 0 aromatic carbocycles. The summed E-state index contributed by atoms with van der Waals surface area (Å²) in [7, 11) is -2.90. The van der Waals surface area contributed by atoms with Crippen molar-refractivity contribution in [1.29, 1.82) is 0 Å². The minimum atomic E-state index is -2.90. The van der Waals surface area contributed by atoms with Crippen molar-refractivity contribution in [3.05, 3.63) is 11.1 Å². The van der Waals surface area contributed by atoms with E-state index in [2.05, 4.69) is 12.2 Å². The van der Waals surface area contributed by atoms with Crippen molar-refractivity contribution >= 4 is 9.84 Å². The Morgan fingerprint density at radius 3 is 2.89 bits per heavy atom. The molecule has 0 aromatic rings.